The van der Waals surface area contributed by atoms with Gasteiger partial charge in [0.1, 0.15) is 0 Å². The Morgan fingerprint density at radius 3 is 2.79 bits per heavy atom. The molecule has 0 amide bonds. The predicted octanol–water partition coefficient (Wildman–Crippen LogP) is 0.987. The van der Waals surface area contributed by atoms with E-state index in [4.69, 9.17) is 10.5 Å². The molecule has 3 heteroatoms. The molecule has 1 fully saturated rings. The van der Waals surface area contributed by atoms with Crippen LogP contribution in [-0.4, -0.2) is 32.8 Å². The lowest BCUT2D eigenvalue weighted by Crippen LogP contribution is -2.28. The van der Waals surface area contributed by atoms with E-state index in [2.05, 4.69) is 12.2 Å². The second kappa shape index (κ2) is 7.21. The topological polar surface area (TPSA) is 47.3 Å². The highest BCUT2D eigenvalue weighted by Crippen LogP contribution is 2.17. The maximum atomic E-state index is 5.54. The molecule has 14 heavy (non-hydrogen) atoms. The second-order valence-corrected chi connectivity index (χ2v) is 4.39. The van der Waals surface area contributed by atoms with Gasteiger partial charge in [0.25, 0.3) is 0 Å². The van der Waals surface area contributed by atoms with Crippen molar-refractivity contribution in [2.24, 2.45) is 17.6 Å². The van der Waals surface area contributed by atoms with E-state index < -0.39 is 0 Å². The molecule has 84 valence electrons. The SMILES string of the molecule is CC(CN)CNCCC1CCOCC1. The number of hydrogen-bond donors (Lipinski definition) is 2. The first-order valence-electron chi connectivity index (χ1n) is 5.81. The van der Waals surface area contributed by atoms with Gasteiger partial charge >= 0.3 is 0 Å². The third-order valence-electron chi connectivity index (χ3n) is 2.97. The van der Waals surface area contributed by atoms with Crippen molar-refractivity contribution in [1.82, 2.24) is 5.32 Å². The molecule has 1 rings (SSSR count). The van der Waals surface area contributed by atoms with Crippen molar-refractivity contribution in [2.75, 3.05) is 32.8 Å². The molecule has 1 saturated heterocycles. The molecule has 0 spiro atoms. The van der Waals surface area contributed by atoms with Crippen molar-refractivity contribution in [3.63, 3.8) is 0 Å². The quantitative estimate of drug-likeness (QED) is 0.629. The lowest BCUT2D eigenvalue weighted by molar-refractivity contribution is 0.0639. The Hall–Kier alpha value is -0.120. The minimum Gasteiger partial charge on any atom is -0.381 e. The summed E-state index contributed by atoms with van der Waals surface area (Å²) in [6.07, 6.45) is 3.78. The van der Waals surface area contributed by atoms with Crippen LogP contribution in [0, 0.1) is 11.8 Å². The smallest absolute Gasteiger partial charge is 0.0468 e. The van der Waals surface area contributed by atoms with Gasteiger partial charge in [-0.1, -0.05) is 6.92 Å². The molecule has 1 heterocycles. The summed E-state index contributed by atoms with van der Waals surface area (Å²) < 4.78 is 5.32. The zero-order chi connectivity index (χ0) is 10.2. The van der Waals surface area contributed by atoms with Crippen molar-refractivity contribution >= 4 is 0 Å². The van der Waals surface area contributed by atoms with Gasteiger partial charge in [-0.2, -0.15) is 0 Å². The Bertz CT molecular complexity index is 135. The standard InChI is InChI=1S/C11H24N2O/c1-10(8-12)9-13-5-2-11-3-6-14-7-4-11/h10-11,13H,2-9,12H2,1H3. The van der Waals surface area contributed by atoms with Gasteiger partial charge in [0.2, 0.25) is 0 Å². The monoisotopic (exact) mass is 200 g/mol. The summed E-state index contributed by atoms with van der Waals surface area (Å²) in [5, 5.41) is 3.46. The number of rotatable bonds is 6. The number of hydrogen-bond acceptors (Lipinski definition) is 3. The van der Waals surface area contributed by atoms with Gasteiger partial charge in [0, 0.05) is 13.2 Å². The Kier molecular flexibility index (Phi) is 6.15. The zero-order valence-electron chi connectivity index (χ0n) is 9.30. The van der Waals surface area contributed by atoms with Crippen molar-refractivity contribution in [1.29, 1.82) is 0 Å². The largest absolute Gasteiger partial charge is 0.381 e. The Balaban J connectivity index is 1.92. The third-order valence-corrected chi connectivity index (χ3v) is 2.97. The summed E-state index contributed by atoms with van der Waals surface area (Å²) in [5.41, 5.74) is 5.54. The first kappa shape index (κ1) is 12.0. The molecule has 1 unspecified atom stereocenters. The van der Waals surface area contributed by atoms with Crippen molar-refractivity contribution < 1.29 is 4.74 Å². The van der Waals surface area contributed by atoms with Crippen LogP contribution >= 0.6 is 0 Å². The Morgan fingerprint density at radius 2 is 2.14 bits per heavy atom. The average Bonchev–Trinajstić information content (AvgIpc) is 2.25. The molecular weight excluding hydrogens is 176 g/mol. The van der Waals surface area contributed by atoms with Crippen LogP contribution in [-0.2, 0) is 4.74 Å². The molecule has 3 N–H and O–H groups in total. The van der Waals surface area contributed by atoms with Crippen molar-refractivity contribution in [2.45, 2.75) is 26.2 Å². The molecule has 0 bridgehead atoms. The summed E-state index contributed by atoms with van der Waals surface area (Å²) >= 11 is 0. The van der Waals surface area contributed by atoms with Gasteiger partial charge in [-0.15, -0.1) is 0 Å². The number of nitrogens with one attached hydrogen (secondary N) is 1. The van der Waals surface area contributed by atoms with Crippen LogP contribution in [0.2, 0.25) is 0 Å². The van der Waals surface area contributed by atoms with Crippen LogP contribution in [0.1, 0.15) is 26.2 Å². The first-order chi connectivity index (χ1) is 6.83. The van der Waals surface area contributed by atoms with E-state index in [1.54, 1.807) is 0 Å². The summed E-state index contributed by atoms with van der Waals surface area (Å²) in [4.78, 5) is 0. The van der Waals surface area contributed by atoms with E-state index in [1.165, 1.54) is 19.3 Å². The van der Waals surface area contributed by atoms with E-state index in [9.17, 15) is 0 Å². The van der Waals surface area contributed by atoms with Crippen LogP contribution in [0.25, 0.3) is 0 Å². The maximum Gasteiger partial charge on any atom is 0.0468 e. The lowest BCUT2D eigenvalue weighted by atomic mass is 9.96. The molecule has 3 nitrogen and oxygen atoms in total. The summed E-state index contributed by atoms with van der Waals surface area (Å²) in [5.74, 6) is 1.48. The highest BCUT2D eigenvalue weighted by molar-refractivity contribution is 4.65. The van der Waals surface area contributed by atoms with Crippen LogP contribution < -0.4 is 11.1 Å². The van der Waals surface area contributed by atoms with Crippen molar-refractivity contribution in [3.05, 3.63) is 0 Å². The van der Waals surface area contributed by atoms with Crippen LogP contribution in [0.15, 0.2) is 0 Å². The molecule has 0 saturated carbocycles. The fraction of sp³-hybridized carbons (Fsp3) is 1.00. The van der Waals surface area contributed by atoms with E-state index in [1.807, 2.05) is 0 Å². The summed E-state index contributed by atoms with van der Waals surface area (Å²) in [6, 6.07) is 0. The highest BCUT2D eigenvalue weighted by atomic mass is 16.5. The van der Waals surface area contributed by atoms with Gasteiger partial charge in [-0.25, -0.2) is 0 Å². The third kappa shape index (κ3) is 4.94. The molecular formula is C11H24N2O. The number of nitrogens with two attached hydrogens (primary N) is 1. The summed E-state index contributed by atoms with van der Waals surface area (Å²) in [6.45, 7) is 7.08. The van der Waals surface area contributed by atoms with E-state index in [0.717, 1.165) is 38.8 Å². The van der Waals surface area contributed by atoms with E-state index in [-0.39, 0.29) is 0 Å². The van der Waals surface area contributed by atoms with Gasteiger partial charge in [-0.05, 0) is 50.7 Å². The molecule has 0 radical (unpaired) electrons. The molecule has 0 aromatic rings. The maximum absolute atomic E-state index is 5.54. The zero-order valence-corrected chi connectivity index (χ0v) is 9.30. The van der Waals surface area contributed by atoms with E-state index >= 15 is 0 Å². The predicted molar refractivity (Wildman–Crippen MR) is 59.2 cm³/mol. The van der Waals surface area contributed by atoms with Crippen LogP contribution in [0.5, 0.6) is 0 Å². The normalized spacial score (nSPS) is 21.0. The second-order valence-electron chi connectivity index (χ2n) is 4.39. The molecule has 1 atom stereocenters. The fourth-order valence-corrected chi connectivity index (χ4v) is 1.77. The Morgan fingerprint density at radius 1 is 1.43 bits per heavy atom. The minimum absolute atomic E-state index is 0.602. The Labute approximate surface area is 87.4 Å². The fourth-order valence-electron chi connectivity index (χ4n) is 1.77. The van der Waals surface area contributed by atoms with Gasteiger partial charge < -0.3 is 15.8 Å². The summed E-state index contributed by atoms with van der Waals surface area (Å²) in [7, 11) is 0. The van der Waals surface area contributed by atoms with Gasteiger partial charge in [-0.3, -0.25) is 0 Å². The van der Waals surface area contributed by atoms with Gasteiger partial charge in [0.15, 0.2) is 0 Å². The van der Waals surface area contributed by atoms with E-state index in [0.29, 0.717) is 5.92 Å². The highest BCUT2D eigenvalue weighted by Gasteiger charge is 2.12. The molecule has 0 aromatic carbocycles. The molecule has 1 aliphatic heterocycles. The van der Waals surface area contributed by atoms with Crippen molar-refractivity contribution in [3.8, 4) is 0 Å². The first-order valence-corrected chi connectivity index (χ1v) is 5.81. The molecule has 0 aromatic heterocycles. The molecule has 1 aliphatic rings. The minimum atomic E-state index is 0.602. The van der Waals surface area contributed by atoms with Crippen LogP contribution in [0.3, 0.4) is 0 Å². The average molecular weight is 200 g/mol. The van der Waals surface area contributed by atoms with Gasteiger partial charge in [0.05, 0.1) is 0 Å². The lowest BCUT2D eigenvalue weighted by Gasteiger charge is -2.22. The molecule has 0 aliphatic carbocycles. The number of ether oxygens (including phenoxy) is 1. The van der Waals surface area contributed by atoms with Crippen LogP contribution in [0.4, 0.5) is 0 Å².